The number of benzene rings is 1. The van der Waals surface area contributed by atoms with Crippen molar-refractivity contribution in [3.8, 4) is 0 Å². The molecule has 1 fully saturated rings. The molecule has 1 aromatic carbocycles. The van der Waals surface area contributed by atoms with E-state index in [0.717, 1.165) is 68.6 Å². The Hall–Kier alpha value is -1.96. The number of Topliss-reactive ketones (excluding diaryl/α,β-unsaturated/α-hetero) is 1. The highest BCUT2D eigenvalue weighted by atomic mass is 35.5. The van der Waals surface area contributed by atoms with Crippen LogP contribution in [-0.2, 0) is 11.2 Å². The monoisotopic (exact) mass is 561 g/mol. The number of rotatable bonds is 13. The summed E-state index contributed by atoms with van der Waals surface area (Å²) >= 11 is 7.82. The molecule has 1 saturated heterocycles. The summed E-state index contributed by atoms with van der Waals surface area (Å²) in [5, 5.41) is 0.425. The van der Waals surface area contributed by atoms with Crippen LogP contribution in [0, 0.1) is 19.7 Å². The second-order valence-electron chi connectivity index (χ2n) is 10.4. The molecule has 1 amide bonds. The molecule has 1 aromatic heterocycles. The lowest BCUT2D eigenvalue weighted by molar-refractivity contribution is -0.134. The molecule has 0 radical (unpaired) electrons. The van der Waals surface area contributed by atoms with Gasteiger partial charge in [-0.05, 0) is 94.2 Å². The fourth-order valence-electron chi connectivity index (χ4n) is 5.48. The molecule has 0 N–H and O–H groups in total. The minimum absolute atomic E-state index is 0.130. The SMILES string of the molecule is CSCCCN(C(=O)Cc1ccc(F)cc1)C1CCN([C@H](C)CCCC(=O)c2c(C)cc(Cl)nc2C)CC1. The Balaban J connectivity index is 1.50. The first-order chi connectivity index (χ1) is 18.2. The molecule has 0 bridgehead atoms. The Morgan fingerprint density at radius 2 is 1.87 bits per heavy atom. The first-order valence-corrected chi connectivity index (χ1v) is 15.4. The average molecular weight is 562 g/mol. The number of nitrogens with zero attached hydrogens (tertiary/aromatic N) is 3. The molecule has 208 valence electrons. The smallest absolute Gasteiger partial charge is 0.227 e. The topological polar surface area (TPSA) is 53.5 Å². The molecule has 0 spiro atoms. The first kappa shape index (κ1) is 30.6. The predicted molar refractivity (Wildman–Crippen MR) is 156 cm³/mol. The van der Waals surface area contributed by atoms with E-state index in [1.54, 1.807) is 30.0 Å². The second-order valence-corrected chi connectivity index (χ2v) is 11.8. The quantitative estimate of drug-likeness (QED) is 0.158. The van der Waals surface area contributed by atoms with Crippen molar-refractivity contribution in [1.29, 1.82) is 0 Å². The van der Waals surface area contributed by atoms with Crippen LogP contribution in [0.4, 0.5) is 4.39 Å². The molecule has 0 saturated carbocycles. The summed E-state index contributed by atoms with van der Waals surface area (Å²) in [6, 6.07) is 8.62. The summed E-state index contributed by atoms with van der Waals surface area (Å²) in [7, 11) is 0. The molecule has 1 aliphatic rings. The summed E-state index contributed by atoms with van der Waals surface area (Å²) in [5.41, 5.74) is 3.14. The van der Waals surface area contributed by atoms with E-state index in [0.29, 0.717) is 35.3 Å². The molecule has 2 aromatic rings. The van der Waals surface area contributed by atoms with Crippen LogP contribution in [-0.4, -0.2) is 70.2 Å². The lowest BCUT2D eigenvalue weighted by Crippen LogP contribution is -2.50. The zero-order valence-electron chi connectivity index (χ0n) is 23.1. The zero-order chi connectivity index (χ0) is 27.7. The lowest BCUT2D eigenvalue weighted by Gasteiger charge is -2.41. The van der Waals surface area contributed by atoms with Gasteiger partial charge in [0, 0.05) is 43.7 Å². The maximum absolute atomic E-state index is 13.3. The second kappa shape index (κ2) is 15.0. The fourth-order valence-corrected chi connectivity index (χ4v) is 6.19. The third-order valence-electron chi connectivity index (χ3n) is 7.57. The van der Waals surface area contributed by atoms with Crippen molar-refractivity contribution >= 4 is 35.1 Å². The highest BCUT2D eigenvalue weighted by Gasteiger charge is 2.29. The van der Waals surface area contributed by atoms with Gasteiger partial charge in [-0.3, -0.25) is 9.59 Å². The fraction of sp³-hybridized carbons (Fsp3) is 0.567. The molecule has 2 heterocycles. The molecule has 5 nitrogen and oxygen atoms in total. The Labute approximate surface area is 236 Å². The van der Waals surface area contributed by atoms with Gasteiger partial charge in [-0.15, -0.1) is 0 Å². The van der Waals surface area contributed by atoms with Crippen LogP contribution in [0.5, 0.6) is 0 Å². The Morgan fingerprint density at radius 1 is 1.18 bits per heavy atom. The van der Waals surface area contributed by atoms with Crippen molar-refractivity contribution in [1.82, 2.24) is 14.8 Å². The molecule has 8 heteroatoms. The number of likely N-dealkylation sites (tertiary alicyclic amines) is 1. The van der Waals surface area contributed by atoms with E-state index in [9.17, 15) is 14.0 Å². The van der Waals surface area contributed by atoms with Crippen LogP contribution in [0.2, 0.25) is 5.15 Å². The van der Waals surface area contributed by atoms with Crippen LogP contribution in [0.3, 0.4) is 0 Å². The summed E-state index contributed by atoms with van der Waals surface area (Å²) in [6.07, 6.45) is 7.57. The maximum atomic E-state index is 13.3. The maximum Gasteiger partial charge on any atom is 0.227 e. The minimum Gasteiger partial charge on any atom is -0.339 e. The van der Waals surface area contributed by atoms with Crippen molar-refractivity contribution in [2.45, 2.75) is 77.8 Å². The highest BCUT2D eigenvalue weighted by molar-refractivity contribution is 7.98. The third-order valence-corrected chi connectivity index (χ3v) is 8.46. The van der Waals surface area contributed by atoms with Gasteiger partial charge in [0.15, 0.2) is 5.78 Å². The predicted octanol–water partition coefficient (Wildman–Crippen LogP) is 6.52. The van der Waals surface area contributed by atoms with Crippen molar-refractivity contribution in [2.75, 3.05) is 31.6 Å². The Morgan fingerprint density at radius 3 is 2.50 bits per heavy atom. The van der Waals surface area contributed by atoms with Gasteiger partial charge in [0.2, 0.25) is 5.91 Å². The molecular formula is C30H41ClFN3O2S. The van der Waals surface area contributed by atoms with E-state index in [1.807, 2.05) is 13.8 Å². The van der Waals surface area contributed by atoms with E-state index in [2.05, 4.69) is 28.0 Å². The number of piperidine rings is 1. The van der Waals surface area contributed by atoms with Gasteiger partial charge >= 0.3 is 0 Å². The molecule has 38 heavy (non-hydrogen) atoms. The molecule has 1 aliphatic heterocycles. The normalized spacial score (nSPS) is 15.4. The third kappa shape index (κ3) is 8.78. The van der Waals surface area contributed by atoms with E-state index in [4.69, 9.17) is 11.6 Å². The molecule has 3 rings (SSSR count). The number of hydrogen-bond acceptors (Lipinski definition) is 5. The number of thioether (sulfide) groups is 1. The van der Waals surface area contributed by atoms with Crippen LogP contribution >= 0.6 is 23.4 Å². The highest BCUT2D eigenvalue weighted by Crippen LogP contribution is 2.23. The van der Waals surface area contributed by atoms with Gasteiger partial charge in [-0.1, -0.05) is 23.7 Å². The van der Waals surface area contributed by atoms with Gasteiger partial charge < -0.3 is 9.80 Å². The lowest BCUT2D eigenvalue weighted by atomic mass is 9.97. The number of halogens is 2. The van der Waals surface area contributed by atoms with Crippen LogP contribution < -0.4 is 0 Å². The number of hydrogen-bond donors (Lipinski definition) is 0. The summed E-state index contributed by atoms with van der Waals surface area (Å²) in [6.45, 7) is 8.65. The summed E-state index contributed by atoms with van der Waals surface area (Å²) in [5.74, 6) is 1.01. The number of amides is 1. The molecule has 1 atom stereocenters. The van der Waals surface area contributed by atoms with Crippen molar-refractivity contribution < 1.29 is 14.0 Å². The molecule has 0 unspecified atom stereocenters. The summed E-state index contributed by atoms with van der Waals surface area (Å²) in [4.78, 5) is 34.9. The van der Waals surface area contributed by atoms with Crippen LogP contribution in [0.15, 0.2) is 30.3 Å². The van der Waals surface area contributed by atoms with Crippen LogP contribution in [0.1, 0.15) is 72.6 Å². The van der Waals surface area contributed by atoms with Gasteiger partial charge in [-0.2, -0.15) is 11.8 Å². The number of pyridine rings is 1. The minimum atomic E-state index is -0.281. The largest absolute Gasteiger partial charge is 0.339 e. The van der Waals surface area contributed by atoms with Gasteiger partial charge in [-0.25, -0.2) is 9.37 Å². The number of aromatic nitrogens is 1. The summed E-state index contributed by atoms with van der Waals surface area (Å²) < 4.78 is 13.3. The zero-order valence-corrected chi connectivity index (χ0v) is 24.7. The first-order valence-electron chi connectivity index (χ1n) is 13.6. The number of carbonyl (C=O) groups is 2. The van der Waals surface area contributed by atoms with E-state index in [1.165, 1.54) is 12.1 Å². The van der Waals surface area contributed by atoms with Crippen molar-refractivity contribution in [3.63, 3.8) is 0 Å². The van der Waals surface area contributed by atoms with E-state index < -0.39 is 0 Å². The number of carbonyl (C=O) groups excluding carboxylic acids is 2. The Kier molecular flexibility index (Phi) is 12.1. The standard InChI is InChI=1S/C30H41ClFN3O2S/c1-21-19-28(31)33-23(3)30(21)27(36)8-5-7-22(2)34-16-13-26(14-17-34)35(15-6-18-38-4)29(37)20-24-9-11-25(32)12-10-24/h9-12,19,22,26H,5-8,13-18,20H2,1-4H3/t22-/m1/s1. The Bertz CT molecular complexity index is 1050. The van der Waals surface area contributed by atoms with Crippen LogP contribution in [0.25, 0.3) is 0 Å². The number of aryl methyl sites for hydroxylation is 2. The van der Waals surface area contributed by atoms with E-state index in [-0.39, 0.29) is 23.5 Å². The van der Waals surface area contributed by atoms with Crippen molar-refractivity contribution in [3.05, 3.63) is 63.7 Å². The molecular weight excluding hydrogens is 521 g/mol. The molecule has 0 aliphatic carbocycles. The number of ketones is 1. The van der Waals surface area contributed by atoms with Gasteiger partial charge in [0.05, 0.1) is 12.1 Å². The van der Waals surface area contributed by atoms with Gasteiger partial charge in [0.1, 0.15) is 11.0 Å². The van der Waals surface area contributed by atoms with E-state index >= 15 is 0 Å². The van der Waals surface area contributed by atoms with Crippen molar-refractivity contribution in [2.24, 2.45) is 0 Å². The average Bonchev–Trinajstić information content (AvgIpc) is 2.87. The van der Waals surface area contributed by atoms with Gasteiger partial charge in [0.25, 0.3) is 0 Å².